The van der Waals surface area contributed by atoms with Crippen molar-refractivity contribution in [3.05, 3.63) is 59.6 Å². The van der Waals surface area contributed by atoms with Crippen LogP contribution >= 0.6 is 0 Å². The lowest BCUT2D eigenvalue weighted by atomic mass is 10.2. The van der Waals surface area contributed by atoms with Crippen molar-refractivity contribution in [1.82, 2.24) is 9.97 Å². The number of aromatic nitrogens is 2. The number of furan rings is 1. The second-order valence-corrected chi connectivity index (χ2v) is 4.29. The van der Waals surface area contributed by atoms with E-state index in [1.165, 1.54) is 12.3 Å². The average Bonchev–Trinajstić information content (AvgIpc) is 2.84. The predicted octanol–water partition coefficient (Wildman–Crippen LogP) is 2.75. The number of nitrogens with zero attached hydrogens (tertiary/aromatic N) is 2. The maximum Gasteiger partial charge on any atom is 0.170 e. The van der Waals surface area contributed by atoms with Crippen molar-refractivity contribution in [2.75, 3.05) is 0 Å². The maximum atomic E-state index is 13.5. The van der Waals surface area contributed by atoms with Crippen LogP contribution in [0.2, 0.25) is 0 Å². The smallest absolute Gasteiger partial charge is 0.170 e. The SMILES string of the molecule is Cc1cnc(C(O)c2cc3cccc(F)c3o2)cn1. The third kappa shape index (κ3) is 2.08. The lowest BCUT2D eigenvalue weighted by Crippen LogP contribution is -2.02. The van der Waals surface area contributed by atoms with Crippen LogP contribution in [0, 0.1) is 12.7 Å². The van der Waals surface area contributed by atoms with E-state index in [0.29, 0.717) is 11.1 Å². The predicted molar refractivity (Wildman–Crippen MR) is 67.0 cm³/mol. The quantitative estimate of drug-likeness (QED) is 0.767. The zero-order valence-corrected chi connectivity index (χ0v) is 10.2. The summed E-state index contributed by atoms with van der Waals surface area (Å²) in [6.45, 7) is 1.81. The largest absolute Gasteiger partial charge is 0.455 e. The molecule has 1 unspecified atom stereocenters. The highest BCUT2D eigenvalue weighted by molar-refractivity contribution is 5.78. The van der Waals surface area contributed by atoms with Crippen molar-refractivity contribution in [3.8, 4) is 0 Å². The van der Waals surface area contributed by atoms with Gasteiger partial charge in [0.05, 0.1) is 17.6 Å². The molecule has 1 N–H and O–H groups in total. The van der Waals surface area contributed by atoms with Gasteiger partial charge in [-0.1, -0.05) is 12.1 Å². The van der Waals surface area contributed by atoms with E-state index >= 15 is 0 Å². The Morgan fingerprint density at radius 3 is 2.79 bits per heavy atom. The summed E-state index contributed by atoms with van der Waals surface area (Å²) < 4.78 is 18.9. The van der Waals surface area contributed by atoms with Gasteiger partial charge in [-0.15, -0.1) is 0 Å². The van der Waals surface area contributed by atoms with Crippen LogP contribution in [0.4, 0.5) is 4.39 Å². The van der Waals surface area contributed by atoms with Crippen molar-refractivity contribution >= 4 is 11.0 Å². The molecule has 2 aromatic heterocycles. The summed E-state index contributed by atoms with van der Waals surface area (Å²) >= 11 is 0. The topological polar surface area (TPSA) is 59.2 Å². The fourth-order valence-corrected chi connectivity index (χ4v) is 1.87. The number of aryl methyl sites for hydroxylation is 1. The van der Waals surface area contributed by atoms with Crippen molar-refractivity contribution in [2.45, 2.75) is 13.0 Å². The van der Waals surface area contributed by atoms with Crippen molar-refractivity contribution in [3.63, 3.8) is 0 Å². The first kappa shape index (κ1) is 11.8. The van der Waals surface area contributed by atoms with Gasteiger partial charge >= 0.3 is 0 Å². The summed E-state index contributed by atoms with van der Waals surface area (Å²) in [7, 11) is 0. The zero-order chi connectivity index (χ0) is 13.4. The van der Waals surface area contributed by atoms with Crippen molar-refractivity contribution in [2.24, 2.45) is 0 Å². The molecule has 19 heavy (non-hydrogen) atoms. The molecule has 0 saturated heterocycles. The highest BCUT2D eigenvalue weighted by atomic mass is 19.1. The van der Waals surface area contributed by atoms with Crippen LogP contribution in [0.25, 0.3) is 11.0 Å². The number of aliphatic hydroxyl groups is 1. The molecule has 0 aliphatic rings. The van der Waals surface area contributed by atoms with Crippen LogP contribution in [0.15, 0.2) is 41.1 Å². The zero-order valence-electron chi connectivity index (χ0n) is 10.2. The summed E-state index contributed by atoms with van der Waals surface area (Å²) in [6, 6.07) is 6.23. The molecule has 0 bridgehead atoms. The fourth-order valence-electron chi connectivity index (χ4n) is 1.87. The van der Waals surface area contributed by atoms with Crippen molar-refractivity contribution in [1.29, 1.82) is 0 Å². The molecule has 0 aliphatic heterocycles. The lowest BCUT2D eigenvalue weighted by molar-refractivity contribution is 0.187. The molecule has 0 fully saturated rings. The van der Waals surface area contributed by atoms with Gasteiger partial charge in [0, 0.05) is 11.6 Å². The summed E-state index contributed by atoms with van der Waals surface area (Å²) in [5.41, 5.74) is 1.26. The van der Waals surface area contributed by atoms with Gasteiger partial charge in [0.1, 0.15) is 5.76 Å². The molecular weight excluding hydrogens is 247 g/mol. The molecule has 0 saturated carbocycles. The second-order valence-electron chi connectivity index (χ2n) is 4.29. The molecule has 4 nitrogen and oxygen atoms in total. The van der Waals surface area contributed by atoms with E-state index in [1.54, 1.807) is 31.3 Å². The Kier molecular flexibility index (Phi) is 2.76. The summed E-state index contributed by atoms with van der Waals surface area (Å²) in [5, 5.41) is 10.8. The third-order valence-corrected chi connectivity index (χ3v) is 2.87. The van der Waals surface area contributed by atoms with E-state index in [1.807, 2.05) is 0 Å². The van der Waals surface area contributed by atoms with Gasteiger partial charge in [-0.25, -0.2) is 4.39 Å². The van der Waals surface area contributed by atoms with Gasteiger partial charge in [0.2, 0.25) is 0 Å². The molecule has 5 heteroatoms. The minimum absolute atomic E-state index is 0.136. The molecular formula is C14H11FN2O2. The molecule has 1 atom stereocenters. The van der Waals surface area contributed by atoms with E-state index in [9.17, 15) is 9.50 Å². The van der Waals surface area contributed by atoms with Crippen molar-refractivity contribution < 1.29 is 13.9 Å². The minimum Gasteiger partial charge on any atom is -0.455 e. The standard InChI is InChI=1S/C14H11FN2O2/c1-8-6-17-11(7-16-8)13(18)12-5-9-3-2-4-10(15)14(9)19-12/h2-7,13,18H,1H3. The number of halogens is 1. The highest BCUT2D eigenvalue weighted by Crippen LogP contribution is 2.28. The van der Waals surface area contributed by atoms with Gasteiger partial charge in [0.15, 0.2) is 17.5 Å². The van der Waals surface area contributed by atoms with Gasteiger partial charge in [-0.3, -0.25) is 9.97 Å². The van der Waals surface area contributed by atoms with E-state index in [2.05, 4.69) is 9.97 Å². The number of aliphatic hydroxyl groups excluding tert-OH is 1. The monoisotopic (exact) mass is 258 g/mol. The molecule has 2 heterocycles. The fraction of sp³-hybridized carbons (Fsp3) is 0.143. The lowest BCUT2D eigenvalue weighted by Gasteiger charge is -2.06. The van der Waals surface area contributed by atoms with Crippen LogP contribution in [0.1, 0.15) is 23.3 Å². The number of fused-ring (bicyclic) bond motifs is 1. The van der Waals surface area contributed by atoms with Crippen LogP contribution in [0.5, 0.6) is 0 Å². The van der Waals surface area contributed by atoms with Crippen LogP contribution in [-0.2, 0) is 0 Å². The molecule has 1 aromatic carbocycles. The van der Waals surface area contributed by atoms with E-state index in [4.69, 9.17) is 4.42 Å². The number of hydrogen-bond donors (Lipinski definition) is 1. The van der Waals surface area contributed by atoms with Gasteiger partial charge < -0.3 is 9.52 Å². The van der Waals surface area contributed by atoms with Gasteiger partial charge in [-0.05, 0) is 19.1 Å². The molecule has 3 rings (SSSR count). The van der Waals surface area contributed by atoms with Gasteiger partial charge in [0.25, 0.3) is 0 Å². The molecule has 96 valence electrons. The maximum absolute atomic E-state index is 13.5. The summed E-state index contributed by atoms with van der Waals surface area (Å²) in [6.07, 6.45) is 1.98. The van der Waals surface area contributed by atoms with Crippen LogP contribution in [-0.4, -0.2) is 15.1 Å². The summed E-state index contributed by atoms with van der Waals surface area (Å²) in [4.78, 5) is 8.14. The molecule has 0 spiro atoms. The Labute approximate surface area is 108 Å². The molecule has 0 aliphatic carbocycles. The number of hydrogen-bond acceptors (Lipinski definition) is 4. The highest BCUT2D eigenvalue weighted by Gasteiger charge is 2.18. The normalized spacial score (nSPS) is 12.8. The van der Waals surface area contributed by atoms with E-state index in [0.717, 1.165) is 5.69 Å². The Bertz CT molecular complexity index is 722. The molecule has 0 amide bonds. The first-order valence-electron chi connectivity index (χ1n) is 5.80. The average molecular weight is 258 g/mol. The number of benzene rings is 1. The first-order chi connectivity index (χ1) is 9.15. The minimum atomic E-state index is -1.06. The number of para-hydroxylation sites is 1. The Morgan fingerprint density at radius 1 is 1.26 bits per heavy atom. The summed E-state index contributed by atoms with van der Waals surface area (Å²) in [5.74, 6) is -0.204. The Balaban J connectivity index is 2.04. The van der Waals surface area contributed by atoms with E-state index < -0.39 is 11.9 Å². The molecule has 3 aromatic rings. The van der Waals surface area contributed by atoms with E-state index in [-0.39, 0.29) is 11.3 Å². The Hall–Kier alpha value is -2.27. The second kappa shape index (κ2) is 4.44. The molecule has 0 radical (unpaired) electrons. The van der Waals surface area contributed by atoms with Crippen LogP contribution in [0.3, 0.4) is 0 Å². The van der Waals surface area contributed by atoms with Gasteiger partial charge in [-0.2, -0.15) is 0 Å². The third-order valence-electron chi connectivity index (χ3n) is 2.87. The number of rotatable bonds is 2. The first-order valence-corrected chi connectivity index (χ1v) is 5.80. The van der Waals surface area contributed by atoms with Crippen LogP contribution < -0.4 is 0 Å². The Morgan fingerprint density at radius 2 is 2.11 bits per heavy atom.